The van der Waals surface area contributed by atoms with Crippen LogP contribution in [-0.4, -0.2) is 11.0 Å². The van der Waals surface area contributed by atoms with Gasteiger partial charge in [0.15, 0.2) is 5.78 Å². The molecule has 122 valence electrons. The van der Waals surface area contributed by atoms with Gasteiger partial charge in [-0.1, -0.05) is 50.2 Å². The number of benzene rings is 2. The fraction of sp³-hybridized carbons (Fsp3) is 0.200. The molecule has 24 heavy (non-hydrogen) atoms. The van der Waals surface area contributed by atoms with Crippen LogP contribution in [0.1, 0.15) is 36.2 Å². The molecule has 0 saturated carbocycles. The van der Waals surface area contributed by atoms with Crippen LogP contribution >= 0.6 is 11.8 Å². The second-order valence-electron chi connectivity index (χ2n) is 5.68. The van der Waals surface area contributed by atoms with Crippen molar-refractivity contribution < 1.29 is 9.21 Å². The van der Waals surface area contributed by atoms with Gasteiger partial charge in [0, 0.05) is 21.1 Å². The van der Waals surface area contributed by atoms with Crippen molar-refractivity contribution >= 4 is 28.5 Å². The Morgan fingerprint density at radius 1 is 1.12 bits per heavy atom. The molecular formula is C20H18O3S. The van der Waals surface area contributed by atoms with E-state index < -0.39 is 5.63 Å². The zero-order valence-electron chi connectivity index (χ0n) is 13.6. The molecule has 1 atom stereocenters. The summed E-state index contributed by atoms with van der Waals surface area (Å²) >= 11 is 1.74. The number of carbonyl (C=O) groups is 1. The van der Waals surface area contributed by atoms with Crippen molar-refractivity contribution in [3.8, 4) is 0 Å². The molecule has 2 aromatic carbocycles. The zero-order chi connectivity index (χ0) is 17.1. The topological polar surface area (TPSA) is 47.3 Å². The normalized spacial score (nSPS) is 12.2. The van der Waals surface area contributed by atoms with Crippen molar-refractivity contribution in [3.63, 3.8) is 0 Å². The van der Waals surface area contributed by atoms with Gasteiger partial charge in [-0.3, -0.25) is 4.79 Å². The number of hydrogen-bond acceptors (Lipinski definition) is 4. The van der Waals surface area contributed by atoms with Gasteiger partial charge in [-0.25, -0.2) is 4.79 Å². The summed E-state index contributed by atoms with van der Waals surface area (Å²) < 4.78 is 5.40. The number of carbonyl (C=O) groups excluding carboxylic acids is 1. The Kier molecular flexibility index (Phi) is 4.86. The zero-order valence-corrected chi connectivity index (χ0v) is 14.4. The van der Waals surface area contributed by atoms with Crippen molar-refractivity contribution in [3.05, 3.63) is 76.1 Å². The highest BCUT2D eigenvalue weighted by molar-refractivity contribution is 7.99. The van der Waals surface area contributed by atoms with E-state index >= 15 is 0 Å². The van der Waals surface area contributed by atoms with E-state index in [1.165, 1.54) is 0 Å². The maximum atomic E-state index is 12.5. The van der Waals surface area contributed by atoms with Crippen molar-refractivity contribution in [1.29, 1.82) is 0 Å². The lowest BCUT2D eigenvalue weighted by Gasteiger charge is -2.08. The van der Waals surface area contributed by atoms with Crippen LogP contribution in [0.15, 0.2) is 68.7 Å². The van der Waals surface area contributed by atoms with E-state index in [1.807, 2.05) is 24.3 Å². The van der Waals surface area contributed by atoms with Gasteiger partial charge in [0.25, 0.3) is 0 Å². The molecule has 1 unspecified atom stereocenters. The number of ketones is 1. The summed E-state index contributed by atoms with van der Waals surface area (Å²) in [5.41, 5.74) is 0.462. The highest BCUT2D eigenvalue weighted by atomic mass is 32.2. The lowest BCUT2D eigenvalue weighted by molar-refractivity contribution is 0.103. The van der Waals surface area contributed by atoms with Crippen LogP contribution in [0.5, 0.6) is 0 Å². The molecule has 0 spiro atoms. The molecule has 3 nitrogen and oxygen atoms in total. The molecular weight excluding hydrogens is 320 g/mol. The van der Waals surface area contributed by atoms with Gasteiger partial charge < -0.3 is 4.42 Å². The lowest BCUT2D eigenvalue weighted by atomic mass is 10.0. The van der Waals surface area contributed by atoms with E-state index in [0.29, 0.717) is 16.4 Å². The maximum Gasteiger partial charge on any atom is 0.347 e. The van der Waals surface area contributed by atoms with E-state index in [4.69, 9.17) is 4.42 Å². The van der Waals surface area contributed by atoms with Crippen LogP contribution in [0.4, 0.5) is 0 Å². The van der Waals surface area contributed by atoms with E-state index in [1.54, 1.807) is 42.1 Å². The first-order valence-electron chi connectivity index (χ1n) is 7.93. The first-order valence-corrected chi connectivity index (χ1v) is 8.80. The molecule has 0 amide bonds. The second-order valence-corrected chi connectivity index (χ2v) is 7.19. The highest BCUT2D eigenvalue weighted by Gasteiger charge is 2.16. The Morgan fingerprint density at radius 3 is 2.58 bits per heavy atom. The molecule has 0 N–H and O–H groups in total. The van der Waals surface area contributed by atoms with Crippen LogP contribution in [-0.2, 0) is 0 Å². The molecule has 0 fully saturated rings. The van der Waals surface area contributed by atoms with Gasteiger partial charge in [-0.2, -0.15) is 0 Å². The SMILES string of the molecule is CCC(C)Sc1ccc2cc(C(=O)c3ccccc3)c(=O)oc2c1. The summed E-state index contributed by atoms with van der Waals surface area (Å²) in [6, 6.07) is 16.1. The Bertz CT molecular complexity index is 929. The van der Waals surface area contributed by atoms with Crippen molar-refractivity contribution in [1.82, 2.24) is 0 Å². The van der Waals surface area contributed by atoms with E-state index in [-0.39, 0.29) is 11.3 Å². The largest absolute Gasteiger partial charge is 0.422 e. The molecule has 0 aliphatic rings. The summed E-state index contributed by atoms with van der Waals surface area (Å²) in [5, 5.41) is 1.25. The first-order chi connectivity index (χ1) is 11.6. The third kappa shape index (κ3) is 3.44. The minimum absolute atomic E-state index is 0.0658. The fourth-order valence-electron chi connectivity index (χ4n) is 2.38. The second kappa shape index (κ2) is 7.05. The molecule has 4 heteroatoms. The number of thioether (sulfide) groups is 1. The number of hydrogen-bond donors (Lipinski definition) is 0. The first kappa shape index (κ1) is 16.5. The van der Waals surface area contributed by atoms with Gasteiger partial charge >= 0.3 is 5.63 Å². The summed E-state index contributed by atoms with van der Waals surface area (Å²) in [7, 11) is 0. The standard InChI is InChI=1S/C20H18O3S/c1-3-13(2)24-16-10-9-15-11-17(20(22)23-18(15)12-16)19(21)14-7-5-4-6-8-14/h4-13H,3H2,1-2H3. The molecule has 0 bridgehead atoms. The van der Waals surface area contributed by atoms with Gasteiger partial charge in [0.05, 0.1) is 0 Å². The molecule has 0 saturated heterocycles. The highest BCUT2D eigenvalue weighted by Crippen LogP contribution is 2.28. The molecule has 0 aliphatic carbocycles. The molecule has 0 aliphatic heterocycles. The Hall–Kier alpha value is -2.33. The van der Waals surface area contributed by atoms with Crippen LogP contribution in [0.25, 0.3) is 11.0 Å². The smallest absolute Gasteiger partial charge is 0.347 e. The predicted molar refractivity (Wildman–Crippen MR) is 98.0 cm³/mol. The number of fused-ring (bicyclic) bond motifs is 1. The van der Waals surface area contributed by atoms with Crippen LogP contribution in [0.3, 0.4) is 0 Å². The average molecular weight is 338 g/mol. The van der Waals surface area contributed by atoms with Crippen molar-refractivity contribution in [2.24, 2.45) is 0 Å². The Balaban J connectivity index is 2.00. The van der Waals surface area contributed by atoms with Crippen LogP contribution < -0.4 is 5.63 Å². The van der Waals surface area contributed by atoms with E-state index in [0.717, 1.165) is 16.7 Å². The van der Waals surface area contributed by atoms with E-state index in [9.17, 15) is 9.59 Å². The number of rotatable bonds is 5. The fourth-order valence-corrected chi connectivity index (χ4v) is 3.34. The van der Waals surface area contributed by atoms with Crippen molar-refractivity contribution in [2.75, 3.05) is 0 Å². The third-order valence-electron chi connectivity index (χ3n) is 3.90. The molecule has 0 radical (unpaired) electrons. The Labute approximate surface area is 144 Å². The minimum atomic E-state index is -0.595. The van der Waals surface area contributed by atoms with Crippen molar-refractivity contribution in [2.45, 2.75) is 30.4 Å². The molecule has 3 aromatic rings. The molecule has 3 rings (SSSR count). The summed E-state index contributed by atoms with van der Waals surface area (Å²) in [6.45, 7) is 4.30. The average Bonchev–Trinajstić information content (AvgIpc) is 2.61. The minimum Gasteiger partial charge on any atom is -0.422 e. The third-order valence-corrected chi connectivity index (χ3v) is 5.16. The van der Waals surface area contributed by atoms with Crippen LogP contribution in [0.2, 0.25) is 0 Å². The van der Waals surface area contributed by atoms with Gasteiger partial charge in [-0.15, -0.1) is 11.8 Å². The van der Waals surface area contributed by atoms with Gasteiger partial charge in [0.2, 0.25) is 0 Å². The summed E-state index contributed by atoms with van der Waals surface area (Å²) in [6.07, 6.45) is 1.07. The predicted octanol–water partition coefficient (Wildman–Crippen LogP) is 4.91. The van der Waals surface area contributed by atoms with E-state index in [2.05, 4.69) is 13.8 Å². The quantitative estimate of drug-likeness (QED) is 0.376. The van der Waals surface area contributed by atoms with Gasteiger partial charge in [-0.05, 0) is 24.6 Å². The van der Waals surface area contributed by atoms with Crippen LogP contribution in [0, 0.1) is 0 Å². The summed E-state index contributed by atoms with van der Waals surface area (Å²) in [5.74, 6) is -0.315. The van der Waals surface area contributed by atoms with Gasteiger partial charge in [0.1, 0.15) is 11.1 Å². The Morgan fingerprint density at radius 2 is 1.88 bits per heavy atom. The molecule has 1 aromatic heterocycles. The molecule has 1 heterocycles. The summed E-state index contributed by atoms with van der Waals surface area (Å²) in [4.78, 5) is 25.8. The lowest BCUT2D eigenvalue weighted by Crippen LogP contribution is -2.14. The maximum absolute atomic E-state index is 12.5. The monoisotopic (exact) mass is 338 g/mol.